The first-order valence-corrected chi connectivity index (χ1v) is 10.6. The molecule has 0 bridgehead atoms. The second-order valence-corrected chi connectivity index (χ2v) is 7.26. The molecule has 0 radical (unpaired) electrons. The van der Waals surface area contributed by atoms with Crippen molar-refractivity contribution in [1.82, 2.24) is 14.8 Å². The zero-order valence-corrected chi connectivity index (χ0v) is 18.6. The Balaban J connectivity index is 1.50. The van der Waals surface area contributed by atoms with Gasteiger partial charge in [-0.1, -0.05) is 12.1 Å². The van der Waals surface area contributed by atoms with E-state index in [1.807, 2.05) is 0 Å². The van der Waals surface area contributed by atoms with Gasteiger partial charge in [-0.05, 0) is 67.1 Å². The van der Waals surface area contributed by atoms with Gasteiger partial charge < -0.3 is 10.1 Å². The van der Waals surface area contributed by atoms with Crippen LogP contribution < -0.4 is 10.1 Å². The van der Waals surface area contributed by atoms with Crippen molar-refractivity contribution in [1.29, 1.82) is 0 Å². The van der Waals surface area contributed by atoms with Gasteiger partial charge in [0, 0.05) is 23.9 Å². The Bertz CT molecular complexity index is 1380. The van der Waals surface area contributed by atoms with Gasteiger partial charge in [0.2, 0.25) is 5.91 Å². The average Bonchev–Trinajstić information content (AvgIpc) is 3.27. The molecule has 0 atom stereocenters. The third-order valence-electron chi connectivity index (χ3n) is 4.89. The molecule has 1 amide bonds. The third kappa shape index (κ3) is 5.56. The number of nitrogens with zero attached hydrogens (tertiary/aromatic N) is 4. The maximum absolute atomic E-state index is 14.4. The van der Waals surface area contributed by atoms with Gasteiger partial charge in [-0.25, -0.2) is 9.07 Å². The van der Waals surface area contributed by atoms with Crippen molar-refractivity contribution < 1.29 is 18.8 Å². The monoisotopic (exact) mass is 473 g/mol. The van der Waals surface area contributed by atoms with E-state index in [0.29, 0.717) is 23.5 Å². The van der Waals surface area contributed by atoms with Crippen molar-refractivity contribution in [3.63, 3.8) is 0 Å². The Morgan fingerprint density at radius 1 is 1.11 bits per heavy atom. The molecule has 0 saturated heterocycles. The number of hydrogen-bond donors (Lipinski definition) is 1. The molecule has 0 spiro atoms. The predicted octanol–water partition coefficient (Wildman–Crippen LogP) is 5.03. The number of anilines is 1. The van der Waals surface area contributed by atoms with E-state index in [1.54, 1.807) is 67.6 Å². The minimum atomic E-state index is -0.486. The van der Waals surface area contributed by atoms with Crippen molar-refractivity contribution in [2.75, 3.05) is 11.9 Å². The molecule has 1 aromatic heterocycles. The highest BCUT2D eigenvalue weighted by molar-refractivity contribution is 6.01. The molecule has 1 heterocycles. The number of nitro groups is 1. The zero-order valence-electron chi connectivity index (χ0n) is 18.6. The normalized spacial score (nSPS) is 10.9. The van der Waals surface area contributed by atoms with Crippen molar-refractivity contribution in [2.24, 2.45) is 0 Å². The van der Waals surface area contributed by atoms with E-state index >= 15 is 0 Å². The Morgan fingerprint density at radius 3 is 2.49 bits per heavy atom. The zero-order chi connectivity index (χ0) is 24.8. The molecule has 4 aromatic rings. The van der Waals surface area contributed by atoms with Gasteiger partial charge in [-0.15, -0.1) is 5.10 Å². The fraction of sp³-hybridized carbons (Fsp3) is 0.0800. The van der Waals surface area contributed by atoms with E-state index in [4.69, 9.17) is 4.74 Å². The summed E-state index contributed by atoms with van der Waals surface area (Å²) in [5, 5.41) is 17.8. The van der Waals surface area contributed by atoms with E-state index in [0.717, 1.165) is 0 Å². The van der Waals surface area contributed by atoms with Gasteiger partial charge in [-0.3, -0.25) is 14.9 Å². The summed E-state index contributed by atoms with van der Waals surface area (Å²) in [6.07, 6.45) is 2.88. The standard InChI is InChI=1S/C25H20FN5O4/c1-2-35-25-28-24(21-5-3-4-6-22(21)26)30(29-25)19-14-10-18(11-15-19)27-23(32)16-9-17-7-12-20(13-8-17)31(33)34/h3-16H,2H2,1H3,(H,27,32)/b16-9+. The number of carbonyl (C=O) groups is 1. The molecule has 9 nitrogen and oxygen atoms in total. The molecule has 4 rings (SSSR count). The number of nitrogens with one attached hydrogen (secondary N) is 1. The van der Waals surface area contributed by atoms with E-state index in [9.17, 15) is 19.3 Å². The Labute approximate surface area is 199 Å². The minimum Gasteiger partial charge on any atom is -0.463 e. The van der Waals surface area contributed by atoms with Crippen LogP contribution in [0.15, 0.2) is 78.9 Å². The lowest BCUT2D eigenvalue weighted by Gasteiger charge is -2.08. The van der Waals surface area contributed by atoms with Gasteiger partial charge in [0.15, 0.2) is 5.82 Å². The lowest BCUT2D eigenvalue weighted by Crippen LogP contribution is -2.08. The van der Waals surface area contributed by atoms with Crippen LogP contribution >= 0.6 is 0 Å². The number of non-ortho nitro benzene ring substituents is 1. The van der Waals surface area contributed by atoms with Crippen LogP contribution in [0.2, 0.25) is 0 Å². The highest BCUT2D eigenvalue weighted by Crippen LogP contribution is 2.26. The highest BCUT2D eigenvalue weighted by atomic mass is 19.1. The third-order valence-corrected chi connectivity index (χ3v) is 4.89. The van der Waals surface area contributed by atoms with Crippen LogP contribution in [-0.2, 0) is 4.79 Å². The topological polar surface area (TPSA) is 112 Å². The molecule has 3 aromatic carbocycles. The van der Waals surface area contributed by atoms with Crippen molar-refractivity contribution in [2.45, 2.75) is 6.92 Å². The summed E-state index contributed by atoms with van der Waals surface area (Å²) in [6, 6.07) is 19.0. The predicted molar refractivity (Wildman–Crippen MR) is 129 cm³/mol. The molecular formula is C25H20FN5O4. The first kappa shape index (κ1) is 23.3. The number of ether oxygens (including phenoxy) is 1. The Kier molecular flexibility index (Phi) is 6.91. The van der Waals surface area contributed by atoms with Crippen LogP contribution in [0.1, 0.15) is 12.5 Å². The number of amides is 1. The van der Waals surface area contributed by atoms with E-state index in [-0.39, 0.29) is 29.0 Å². The fourth-order valence-corrected chi connectivity index (χ4v) is 3.23. The maximum Gasteiger partial charge on any atom is 0.336 e. The number of halogens is 1. The van der Waals surface area contributed by atoms with Crippen LogP contribution in [0.5, 0.6) is 6.01 Å². The number of benzene rings is 3. The molecule has 0 saturated carbocycles. The molecule has 0 fully saturated rings. The van der Waals surface area contributed by atoms with Crippen LogP contribution in [0.3, 0.4) is 0 Å². The first-order chi connectivity index (χ1) is 16.9. The van der Waals surface area contributed by atoms with E-state index < -0.39 is 10.7 Å². The summed E-state index contributed by atoms with van der Waals surface area (Å²) >= 11 is 0. The quantitative estimate of drug-likeness (QED) is 0.218. The average molecular weight is 473 g/mol. The summed E-state index contributed by atoms with van der Waals surface area (Å²) in [6.45, 7) is 2.16. The molecule has 0 aliphatic heterocycles. The smallest absolute Gasteiger partial charge is 0.336 e. The number of nitro benzene ring substituents is 1. The molecule has 176 valence electrons. The first-order valence-electron chi connectivity index (χ1n) is 10.6. The molecule has 35 heavy (non-hydrogen) atoms. The molecule has 10 heteroatoms. The fourth-order valence-electron chi connectivity index (χ4n) is 3.23. The number of carbonyl (C=O) groups excluding carboxylic acids is 1. The van der Waals surface area contributed by atoms with Gasteiger partial charge in [0.25, 0.3) is 5.69 Å². The number of rotatable bonds is 8. The summed E-state index contributed by atoms with van der Waals surface area (Å²) in [7, 11) is 0. The summed E-state index contributed by atoms with van der Waals surface area (Å²) in [5.41, 5.74) is 2.04. The van der Waals surface area contributed by atoms with Gasteiger partial charge >= 0.3 is 6.01 Å². The van der Waals surface area contributed by atoms with Crippen LogP contribution in [0.4, 0.5) is 15.8 Å². The van der Waals surface area contributed by atoms with Crippen LogP contribution in [0.25, 0.3) is 23.2 Å². The summed E-state index contributed by atoms with van der Waals surface area (Å²) < 4.78 is 21.3. The van der Waals surface area contributed by atoms with Gasteiger partial charge in [0.1, 0.15) is 5.82 Å². The second kappa shape index (κ2) is 10.4. The SMILES string of the molecule is CCOc1nc(-c2ccccc2F)n(-c2ccc(NC(=O)/C=C/c3ccc([N+](=O)[O-])cc3)cc2)n1. The molecule has 1 N–H and O–H groups in total. The minimum absolute atomic E-state index is 0.0226. The molecule has 0 aliphatic carbocycles. The van der Waals surface area contributed by atoms with Crippen LogP contribution in [0, 0.1) is 15.9 Å². The van der Waals surface area contributed by atoms with Gasteiger partial charge in [-0.2, -0.15) is 4.98 Å². The number of hydrogen-bond acceptors (Lipinski definition) is 6. The lowest BCUT2D eigenvalue weighted by molar-refractivity contribution is -0.384. The van der Waals surface area contributed by atoms with E-state index in [1.165, 1.54) is 29.0 Å². The van der Waals surface area contributed by atoms with Crippen LogP contribution in [-0.4, -0.2) is 32.2 Å². The largest absolute Gasteiger partial charge is 0.463 e. The summed E-state index contributed by atoms with van der Waals surface area (Å²) in [4.78, 5) is 26.8. The molecule has 0 aliphatic rings. The molecule has 0 unspecified atom stereocenters. The van der Waals surface area contributed by atoms with Crippen molar-refractivity contribution in [3.8, 4) is 23.1 Å². The summed E-state index contributed by atoms with van der Waals surface area (Å²) in [5.74, 6) is -0.523. The molecular weight excluding hydrogens is 453 g/mol. The highest BCUT2D eigenvalue weighted by Gasteiger charge is 2.17. The Hall–Kier alpha value is -4.86. The maximum atomic E-state index is 14.4. The van der Waals surface area contributed by atoms with Crippen molar-refractivity contribution in [3.05, 3.63) is 100 Å². The number of aromatic nitrogens is 3. The van der Waals surface area contributed by atoms with Crippen molar-refractivity contribution >= 4 is 23.4 Å². The van der Waals surface area contributed by atoms with Gasteiger partial charge in [0.05, 0.1) is 22.8 Å². The second-order valence-electron chi connectivity index (χ2n) is 7.26. The van der Waals surface area contributed by atoms with E-state index in [2.05, 4.69) is 15.4 Å². The lowest BCUT2D eigenvalue weighted by atomic mass is 10.2. The Morgan fingerprint density at radius 2 is 1.83 bits per heavy atom.